The van der Waals surface area contributed by atoms with Gasteiger partial charge in [0.15, 0.2) is 0 Å². The monoisotopic (exact) mass is 454 g/mol. The molecule has 0 heterocycles. The van der Waals surface area contributed by atoms with Crippen LogP contribution in [0, 0.1) is 29.1 Å². The molecular weight excluding hydrogens is 412 g/mol. The Morgan fingerprint density at radius 3 is 2.64 bits per heavy atom. The number of aliphatic hydroxyl groups excluding tert-OH is 2. The predicted molar refractivity (Wildman–Crippen MR) is 131 cm³/mol. The van der Waals surface area contributed by atoms with Gasteiger partial charge in [0.1, 0.15) is 6.10 Å². The van der Waals surface area contributed by atoms with Crippen molar-refractivity contribution in [2.24, 2.45) is 29.1 Å². The molecule has 0 spiro atoms. The number of ether oxygens (including phenoxy) is 1. The molecule has 0 saturated heterocycles. The minimum absolute atomic E-state index is 0.0577. The zero-order valence-corrected chi connectivity index (χ0v) is 20.6. The lowest BCUT2D eigenvalue weighted by atomic mass is 9.61. The molecule has 182 valence electrons. The second-order valence-corrected chi connectivity index (χ2v) is 11.3. The van der Waals surface area contributed by atoms with Gasteiger partial charge in [-0.1, -0.05) is 44.2 Å². The summed E-state index contributed by atoms with van der Waals surface area (Å²) in [6, 6.07) is 0. The SMILES string of the molecule is C=C1/C(=C\C=C2/CCC[C@]3(C)[C@@H]([C@H](C)/C=C/[C@H](OC(C)=O)C4CC4)CC[C@@H]23)C[C@@H](O)C[C@@H]1O. The summed E-state index contributed by atoms with van der Waals surface area (Å²) in [5, 5.41) is 20.2. The van der Waals surface area contributed by atoms with Crippen molar-refractivity contribution >= 4 is 5.97 Å². The topological polar surface area (TPSA) is 66.8 Å². The molecule has 0 aromatic heterocycles. The first-order valence-electron chi connectivity index (χ1n) is 13.0. The molecule has 0 aromatic rings. The van der Waals surface area contributed by atoms with Gasteiger partial charge in [0, 0.05) is 13.3 Å². The molecule has 4 fully saturated rings. The lowest BCUT2D eigenvalue weighted by Crippen LogP contribution is -2.35. The van der Waals surface area contributed by atoms with Crippen LogP contribution in [0.5, 0.6) is 0 Å². The fourth-order valence-electron chi connectivity index (χ4n) is 6.94. The van der Waals surface area contributed by atoms with Gasteiger partial charge in [-0.05, 0) is 97.7 Å². The maximum atomic E-state index is 11.5. The number of esters is 1. The van der Waals surface area contributed by atoms with Crippen LogP contribution in [0.3, 0.4) is 0 Å². The van der Waals surface area contributed by atoms with E-state index in [-0.39, 0.29) is 17.5 Å². The highest BCUT2D eigenvalue weighted by Gasteiger charge is 2.50. The maximum Gasteiger partial charge on any atom is 0.303 e. The fraction of sp³-hybridized carbons (Fsp3) is 0.690. The fourth-order valence-corrected chi connectivity index (χ4v) is 6.94. The van der Waals surface area contributed by atoms with E-state index in [1.165, 1.54) is 38.2 Å². The van der Waals surface area contributed by atoms with Crippen molar-refractivity contribution in [2.45, 2.75) is 96.9 Å². The van der Waals surface area contributed by atoms with Crippen LogP contribution in [0.1, 0.15) is 78.6 Å². The number of hydrogen-bond acceptors (Lipinski definition) is 4. The number of aliphatic hydroxyl groups is 2. The van der Waals surface area contributed by atoms with Crippen LogP contribution in [0.15, 0.2) is 47.6 Å². The zero-order chi connectivity index (χ0) is 23.8. The highest BCUT2D eigenvalue weighted by Crippen LogP contribution is 2.59. The van der Waals surface area contributed by atoms with E-state index < -0.39 is 12.2 Å². The van der Waals surface area contributed by atoms with Crippen LogP contribution >= 0.6 is 0 Å². The maximum absolute atomic E-state index is 11.5. The minimum atomic E-state index is -0.634. The Labute approximate surface area is 199 Å². The van der Waals surface area contributed by atoms with Gasteiger partial charge >= 0.3 is 5.97 Å². The molecule has 0 amide bonds. The number of carbonyl (C=O) groups excluding carboxylic acids is 1. The van der Waals surface area contributed by atoms with Crippen molar-refractivity contribution in [1.82, 2.24) is 0 Å². The molecule has 4 rings (SSSR count). The largest absolute Gasteiger partial charge is 0.458 e. The number of hydrogen-bond donors (Lipinski definition) is 2. The number of carbonyl (C=O) groups is 1. The summed E-state index contributed by atoms with van der Waals surface area (Å²) in [5.41, 5.74) is 3.55. The molecular formula is C29H42O4. The summed E-state index contributed by atoms with van der Waals surface area (Å²) in [4.78, 5) is 11.5. The molecule has 0 radical (unpaired) electrons. The third-order valence-corrected chi connectivity index (χ3v) is 8.93. The van der Waals surface area contributed by atoms with E-state index in [9.17, 15) is 15.0 Å². The first-order valence-corrected chi connectivity index (χ1v) is 13.0. The molecule has 0 unspecified atom stereocenters. The second-order valence-electron chi connectivity index (χ2n) is 11.3. The van der Waals surface area contributed by atoms with Gasteiger partial charge < -0.3 is 14.9 Å². The molecule has 0 bridgehead atoms. The van der Waals surface area contributed by atoms with E-state index >= 15 is 0 Å². The molecule has 4 aliphatic carbocycles. The molecule has 4 heteroatoms. The molecule has 4 aliphatic rings. The molecule has 0 aliphatic heterocycles. The van der Waals surface area contributed by atoms with Gasteiger partial charge in [-0.3, -0.25) is 4.79 Å². The number of fused-ring (bicyclic) bond motifs is 1. The first-order chi connectivity index (χ1) is 15.7. The normalized spacial score (nSPS) is 39.1. The lowest BCUT2D eigenvalue weighted by molar-refractivity contribution is -0.144. The van der Waals surface area contributed by atoms with Crippen molar-refractivity contribution in [3.05, 3.63) is 47.6 Å². The predicted octanol–water partition coefficient (Wildman–Crippen LogP) is 5.66. The van der Waals surface area contributed by atoms with E-state index in [1.807, 2.05) is 0 Å². The standard InChI is InChI=1S/C29H42O4/c1-18(7-14-28(22-9-10-22)33-20(3)30)25-12-13-26-21(6-5-15-29(25,26)4)8-11-23-16-24(31)17-27(32)19(23)2/h7-8,11,14,18,22,24-28,31-32H,2,5-6,9-10,12-13,15-17H2,1,3-4H3/b14-7+,21-8+,23-11-/t18-,24-,25-,26+,27+,28+,29-/m1/s1. The summed E-state index contributed by atoms with van der Waals surface area (Å²) in [6.45, 7) is 10.4. The van der Waals surface area contributed by atoms with Crippen LogP contribution in [0.4, 0.5) is 0 Å². The van der Waals surface area contributed by atoms with Crippen molar-refractivity contribution in [2.75, 3.05) is 0 Å². The zero-order valence-electron chi connectivity index (χ0n) is 20.6. The van der Waals surface area contributed by atoms with Gasteiger partial charge in [-0.15, -0.1) is 0 Å². The average molecular weight is 455 g/mol. The second kappa shape index (κ2) is 9.92. The Kier molecular flexibility index (Phi) is 7.35. The van der Waals surface area contributed by atoms with Gasteiger partial charge in [0.2, 0.25) is 0 Å². The third-order valence-electron chi connectivity index (χ3n) is 8.93. The minimum Gasteiger partial charge on any atom is -0.458 e. The number of allylic oxidation sites excluding steroid dienone is 4. The Morgan fingerprint density at radius 2 is 1.94 bits per heavy atom. The highest BCUT2D eigenvalue weighted by atomic mass is 16.5. The summed E-state index contributed by atoms with van der Waals surface area (Å²) in [5.74, 6) is 1.99. The van der Waals surface area contributed by atoms with Crippen molar-refractivity contribution in [3.63, 3.8) is 0 Å². The van der Waals surface area contributed by atoms with Crippen LogP contribution < -0.4 is 0 Å². The summed E-state index contributed by atoms with van der Waals surface area (Å²) < 4.78 is 5.57. The van der Waals surface area contributed by atoms with E-state index in [4.69, 9.17) is 4.74 Å². The third kappa shape index (κ3) is 5.38. The van der Waals surface area contributed by atoms with Crippen molar-refractivity contribution < 1.29 is 19.7 Å². The summed E-state index contributed by atoms with van der Waals surface area (Å²) >= 11 is 0. The van der Waals surface area contributed by atoms with E-state index in [0.29, 0.717) is 36.5 Å². The van der Waals surface area contributed by atoms with Crippen molar-refractivity contribution in [1.29, 1.82) is 0 Å². The molecule has 2 N–H and O–H groups in total. The Morgan fingerprint density at radius 1 is 1.18 bits per heavy atom. The van der Waals surface area contributed by atoms with Crippen LogP contribution in [-0.2, 0) is 9.53 Å². The van der Waals surface area contributed by atoms with Crippen molar-refractivity contribution in [3.8, 4) is 0 Å². The molecule has 4 saturated carbocycles. The van der Waals surface area contributed by atoms with Gasteiger partial charge in [0.05, 0.1) is 12.2 Å². The van der Waals surface area contributed by atoms with E-state index in [1.54, 1.807) is 0 Å². The Bertz CT molecular complexity index is 848. The molecule has 7 atom stereocenters. The molecule has 4 nitrogen and oxygen atoms in total. The van der Waals surface area contributed by atoms with Gasteiger partial charge in [-0.2, -0.15) is 0 Å². The van der Waals surface area contributed by atoms with Crippen LogP contribution in [0.2, 0.25) is 0 Å². The summed E-state index contributed by atoms with van der Waals surface area (Å²) in [6.07, 6.45) is 17.0. The highest BCUT2D eigenvalue weighted by molar-refractivity contribution is 5.66. The number of rotatable bonds is 6. The Hall–Kier alpha value is -1.65. The Balaban J connectivity index is 1.47. The van der Waals surface area contributed by atoms with Gasteiger partial charge in [-0.25, -0.2) is 0 Å². The smallest absolute Gasteiger partial charge is 0.303 e. The molecule has 33 heavy (non-hydrogen) atoms. The molecule has 0 aromatic carbocycles. The van der Waals surface area contributed by atoms with E-state index in [0.717, 1.165) is 30.4 Å². The average Bonchev–Trinajstić information content (AvgIpc) is 3.53. The van der Waals surface area contributed by atoms with Gasteiger partial charge in [0.25, 0.3) is 0 Å². The van der Waals surface area contributed by atoms with Crippen LogP contribution in [0.25, 0.3) is 0 Å². The lowest BCUT2D eigenvalue weighted by Gasteiger charge is -2.44. The van der Waals surface area contributed by atoms with E-state index in [2.05, 4.69) is 44.7 Å². The summed E-state index contributed by atoms with van der Waals surface area (Å²) in [7, 11) is 0. The first kappa shape index (κ1) is 24.5. The van der Waals surface area contributed by atoms with Crippen LogP contribution in [-0.4, -0.2) is 34.5 Å². The quantitative estimate of drug-likeness (QED) is 0.401.